The Balaban J connectivity index is 1.72. The topological polar surface area (TPSA) is 85.1 Å². The zero-order valence-electron chi connectivity index (χ0n) is 11.4. The van der Waals surface area contributed by atoms with E-state index in [-0.39, 0.29) is 11.7 Å². The van der Waals surface area contributed by atoms with E-state index in [0.29, 0.717) is 16.1 Å². The van der Waals surface area contributed by atoms with Crippen molar-refractivity contribution in [2.24, 2.45) is 0 Å². The molecule has 21 heavy (non-hydrogen) atoms. The number of nitrogens with zero attached hydrogens (tertiary/aromatic N) is 5. The number of aryl methyl sites for hydroxylation is 2. The van der Waals surface area contributed by atoms with E-state index >= 15 is 0 Å². The Bertz CT molecular complexity index is 783. The molecule has 0 saturated heterocycles. The van der Waals surface area contributed by atoms with Crippen LogP contribution in [0.25, 0.3) is 5.78 Å². The van der Waals surface area contributed by atoms with Crippen LogP contribution >= 0.6 is 23.1 Å². The number of thiazole rings is 1. The fraction of sp³-hybridized carbons (Fsp3) is 0.250. The third-order valence-corrected chi connectivity index (χ3v) is 4.29. The van der Waals surface area contributed by atoms with Crippen molar-refractivity contribution in [1.82, 2.24) is 24.6 Å². The van der Waals surface area contributed by atoms with Gasteiger partial charge in [-0.15, -0.1) is 21.5 Å². The van der Waals surface area contributed by atoms with Crippen molar-refractivity contribution in [3.8, 4) is 0 Å². The van der Waals surface area contributed by atoms with Gasteiger partial charge in [0.25, 0.3) is 5.78 Å². The van der Waals surface area contributed by atoms with E-state index in [1.165, 1.54) is 23.1 Å². The Morgan fingerprint density at radius 1 is 1.43 bits per heavy atom. The summed E-state index contributed by atoms with van der Waals surface area (Å²) in [5.74, 6) is 0.674. The summed E-state index contributed by atoms with van der Waals surface area (Å²) in [5, 5.41) is 13.9. The van der Waals surface area contributed by atoms with Gasteiger partial charge in [0.1, 0.15) is 0 Å². The normalized spacial score (nSPS) is 11.0. The minimum absolute atomic E-state index is 0.121. The highest BCUT2D eigenvalue weighted by Crippen LogP contribution is 2.19. The number of nitrogens with one attached hydrogen (secondary N) is 1. The lowest BCUT2D eigenvalue weighted by molar-refractivity contribution is -0.113. The fourth-order valence-electron chi connectivity index (χ4n) is 1.86. The predicted molar refractivity (Wildman–Crippen MR) is 81.7 cm³/mol. The average molecular weight is 320 g/mol. The maximum atomic E-state index is 11.8. The van der Waals surface area contributed by atoms with Gasteiger partial charge in [0.2, 0.25) is 5.91 Å². The predicted octanol–water partition coefficient (Wildman–Crippen LogP) is 1.93. The quantitative estimate of drug-likeness (QED) is 0.739. The Kier molecular flexibility index (Phi) is 3.84. The summed E-state index contributed by atoms with van der Waals surface area (Å²) in [6, 6.07) is 1.95. The van der Waals surface area contributed by atoms with Gasteiger partial charge in [0.05, 0.1) is 5.75 Å². The molecule has 0 aliphatic rings. The third-order valence-electron chi connectivity index (χ3n) is 2.67. The molecule has 0 bridgehead atoms. The van der Waals surface area contributed by atoms with Gasteiger partial charge in [-0.3, -0.25) is 9.20 Å². The minimum atomic E-state index is -0.121. The molecule has 7 nitrogen and oxygen atoms in total. The molecule has 3 rings (SSSR count). The van der Waals surface area contributed by atoms with E-state index in [4.69, 9.17) is 0 Å². The maximum Gasteiger partial charge on any atom is 0.256 e. The number of carbonyl (C=O) groups excluding carboxylic acids is 1. The fourth-order valence-corrected chi connectivity index (χ4v) is 3.20. The molecule has 0 aliphatic heterocycles. The summed E-state index contributed by atoms with van der Waals surface area (Å²) in [5.41, 5.74) is 1.88. The van der Waals surface area contributed by atoms with Crippen LogP contribution in [0.5, 0.6) is 0 Å². The molecule has 0 aromatic carbocycles. The van der Waals surface area contributed by atoms with Crippen molar-refractivity contribution >= 4 is 39.9 Å². The number of hydrogen-bond donors (Lipinski definition) is 1. The van der Waals surface area contributed by atoms with Crippen molar-refractivity contribution in [2.45, 2.75) is 19.0 Å². The van der Waals surface area contributed by atoms with Crippen molar-refractivity contribution < 1.29 is 4.79 Å². The standard InChI is InChI=1S/C12H12N6OS2/c1-7-5-8(2)18-10(14-7)16-17-12(18)21-6-9(19)15-11-13-3-4-20-11/h3-5H,6H2,1-2H3,(H,13,15,19). The first-order valence-corrected chi connectivity index (χ1v) is 8.01. The van der Waals surface area contributed by atoms with Crippen molar-refractivity contribution in [1.29, 1.82) is 0 Å². The molecule has 0 atom stereocenters. The molecule has 0 unspecified atom stereocenters. The molecular weight excluding hydrogens is 308 g/mol. The highest BCUT2D eigenvalue weighted by atomic mass is 32.2. The van der Waals surface area contributed by atoms with Crippen LogP contribution in [0.2, 0.25) is 0 Å². The summed E-state index contributed by atoms with van der Waals surface area (Å²) in [4.78, 5) is 20.2. The summed E-state index contributed by atoms with van der Waals surface area (Å²) in [6.07, 6.45) is 1.65. The second-order valence-electron chi connectivity index (χ2n) is 4.33. The van der Waals surface area contributed by atoms with E-state index in [0.717, 1.165) is 11.4 Å². The number of thioether (sulfide) groups is 1. The first-order chi connectivity index (χ1) is 10.1. The largest absolute Gasteiger partial charge is 0.301 e. The molecule has 0 fully saturated rings. The van der Waals surface area contributed by atoms with Gasteiger partial charge in [-0.1, -0.05) is 11.8 Å². The number of hydrogen-bond acceptors (Lipinski definition) is 7. The average Bonchev–Trinajstić information content (AvgIpc) is 3.05. The van der Waals surface area contributed by atoms with Gasteiger partial charge in [-0.25, -0.2) is 9.97 Å². The number of fused-ring (bicyclic) bond motifs is 1. The first kappa shape index (κ1) is 14.0. The molecule has 3 aromatic heterocycles. The minimum Gasteiger partial charge on any atom is -0.301 e. The van der Waals surface area contributed by atoms with Crippen LogP contribution in [0.1, 0.15) is 11.4 Å². The number of amides is 1. The van der Waals surface area contributed by atoms with E-state index < -0.39 is 0 Å². The maximum absolute atomic E-state index is 11.8. The van der Waals surface area contributed by atoms with Crippen molar-refractivity contribution in [3.05, 3.63) is 29.0 Å². The van der Waals surface area contributed by atoms with Gasteiger partial charge in [-0.2, -0.15) is 0 Å². The van der Waals surface area contributed by atoms with Crippen LogP contribution in [0.15, 0.2) is 22.8 Å². The Hall–Kier alpha value is -2.00. The summed E-state index contributed by atoms with van der Waals surface area (Å²) in [6.45, 7) is 3.88. The molecule has 0 saturated carbocycles. The van der Waals surface area contributed by atoms with Crippen molar-refractivity contribution in [3.63, 3.8) is 0 Å². The molecule has 3 heterocycles. The van der Waals surface area contributed by atoms with E-state index in [1.807, 2.05) is 29.7 Å². The molecule has 1 N–H and O–H groups in total. The Morgan fingerprint density at radius 3 is 3.05 bits per heavy atom. The second-order valence-corrected chi connectivity index (χ2v) is 6.17. The van der Waals surface area contributed by atoms with Crippen LogP contribution in [-0.4, -0.2) is 36.2 Å². The lowest BCUT2D eigenvalue weighted by Crippen LogP contribution is -2.14. The highest BCUT2D eigenvalue weighted by Gasteiger charge is 2.12. The smallest absolute Gasteiger partial charge is 0.256 e. The number of anilines is 1. The summed E-state index contributed by atoms with van der Waals surface area (Å²) < 4.78 is 1.84. The van der Waals surface area contributed by atoms with Crippen LogP contribution in [0.3, 0.4) is 0 Å². The van der Waals surface area contributed by atoms with Crippen LogP contribution < -0.4 is 5.32 Å². The lowest BCUT2D eigenvalue weighted by atomic mass is 10.3. The van der Waals surface area contributed by atoms with Gasteiger partial charge in [-0.05, 0) is 19.9 Å². The van der Waals surface area contributed by atoms with Gasteiger partial charge in [0.15, 0.2) is 10.3 Å². The van der Waals surface area contributed by atoms with E-state index in [1.54, 1.807) is 6.20 Å². The summed E-state index contributed by atoms with van der Waals surface area (Å²) >= 11 is 2.71. The number of aromatic nitrogens is 5. The van der Waals surface area contributed by atoms with Gasteiger partial charge < -0.3 is 5.32 Å². The first-order valence-electron chi connectivity index (χ1n) is 6.15. The zero-order valence-corrected chi connectivity index (χ0v) is 13.0. The summed E-state index contributed by atoms with van der Waals surface area (Å²) in [7, 11) is 0. The lowest BCUT2D eigenvalue weighted by Gasteiger charge is -2.04. The molecule has 0 radical (unpaired) electrons. The molecule has 3 aromatic rings. The van der Waals surface area contributed by atoms with Crippen LogP contribution in [-0.2, 0) is 4.79 Å². The second kappa shape index (κ2) is 5.78. The highest BCUT2D eigenvalue weighted by molar-refractivity contribution is 7.99. The molecule has 1 amide bonds. The van der Waals surface area contributed by atoms with E-state index in [9.17, 15) is 4.79 Å². The van der Waals surface area contributed by atoms with Gasteiger partial charge >= 0.3 is 0 Å². The Morgan fingerprint density at radius 2 is 2.29 bits per heavy atom. The van der Waals surface area contributed by atoms with Crippen LogP contribution in [0, 0.1) is 13.8 Å². The third kappa shape index (κ3) is 3.03. The molecule has 9 heteroatoms. The Labute approximate surface area is 128 Å². The van der Waals surface area contributed by atoms with Crippen molar-refractivity contribution in [2.75, 3.05) is 11.1 Å². The number of carbonyl (C=O) groups is 1. The molecule has 0 spiro atoms. The molecule has 0 aliphatic carbocycles. The van der Waals surface area contributed by atoms with Gasteiger partial charge in [0, 0.05) is 23.0 Å². The van der Waals surface area contributed by atoms with E-state index in [2.05, 4.69) is 25.5 Å². The molecular formula is C12H12N6OS2. The SMILES string of the molecule is Cc1cc(C)n2c(SCC(=O)Nc3nccs3)nnc2n1. The number of rotatable bonds is 4. The zero-order chi connectivity index (χ0) is 14.8. The monoisotopic (exact) mass is 320 g/mol. The molecule has 108 valence electrons. The van der Waals surface area contributed by atoms with Crippen LogP contribution in [0.4, 0.5) is 5.13 Å².